The van der Waals surface area contributed by atoms with E-state index < -0.39 is 0 Å². The summed E-state index contributed by atoms with van der Waals surface area (Å²) in [5, 5.41) is 15.8. The van der Waals surface area contributed by atoms with Crippen LogP contribution in [0.5, 0.6) is 0 Å². The molecule has 1 saturated heterocycles. The van der Waals surface area contributed by atoms with Gasteiger partial charge in [-0.05, 0) is 23.8 Å². The summed E-state index contributed by atoms with van der Waals surface area (Å²) in [5.41, 5.74) is 5.69. The van der Waals surface area contributed by atoms with E-state index in [4.69, 9.17) is 22.0 Å². The molecular weight excluding hydrogens is 458 g/mol. The van der Waals surface area contributed by atoms with E-state index in [0.29, 0.717) is 5.02 Å². The second-order valence-corrected chi connectivity index (χ2v) is 9.02. The molecule has 7 nitrogen and oxygen atoms in total. The van der Waals surface area contributed by atoms with E-state index in [9.17, 15) is 0 Å². The van der Waals surface area contributed by atoms with Crippen LogP contribution in [-0.2, 0) is 6.54 Å². The van der Waals surface area contributed by atoms with Crippen LogP contribution in [0.25, 0.3) is 22.2 Å². The first-order chi connectivity index (χ1) is 17.2. The van der Waals surface area contributed by atoms with Crippen molar-refractivity contribution in [1.82, 2.24) is 24.8 Å². The van der Waals surface area contributed by atoms with Gasteiger partial charge in [0.15, 0.2) is 0 Å². The van der Waals surface area contributed by atoms with Gasteiger partial charge in [0.25, 0.3) is 0 Å². The van der Waals surface area contributed by atoms with Gasteiger partial charge >= 0.3 is 0 Å². The summed E-state index contributed by atoms with van der Waals surface area (Å²) in [5.74, 6) is 0.982. The molecule has 0 saturated carbocycles. The number of nitrogens with zero attached hydrogens (tertiary/aromatic N) is 5. The van der Waals surface area contributed by atoms with Crippen molar-refractivity contribution in [2.24, 2.45) is 0 Å². The Bertz CT molecular complexity index is 1340. The van der Waals surface area contributed by atoms with Gasteiger partial charge < -0.3 is 15.6 Å². The highest BCUT2D eigenvalue weighted by molar-refractivity contribution is 6.34. The summed E-state index contributed by atoms with van der Waals surface area (Å²) in [7, 11) is 1.82. The number of fused-ring (bicyclic) bond motifs is 1. The highest BCUT2D eigenvalue weighted by atomic mass is 35.5. The minimum Gasteiger partial charge on any atom is -0.393 e. The van der Waals surface area contributed by atoms with Gasteiger partial charge in [-0.2, -0.15) is 5.10 Å². The van der Waals surface area contributed by atoms with Crippen LogP contribution in [0, 0.1) is 5.41 Å². The summed E-state index contributed by atoms with van der Waals surface area (Å²) in [6.07, 6.45) is 8.55. The van der Waals surface area contributed by atoms with Gasteiger partial charge in [0.05, 0.1) is 16.7 Å². The van der Waals surface area contributed by atoms with Crippen LogP contribution >= 0.6 is 11.6 Å². The monoisotopic (exact) mass is 485 g/mol. The zero-order valence-electron chi connectivity index (χ0n) is 19.7. The molecule has 178 valence electrons. The molecule has 1 aromatic carbocycles. The number of piperazine rings is 1. The number of nitrogens with one attached hydrogen (secondary N) is 2. The van der Waals surface area contributed by atoms with E-state index in [1.807, 2.05) is 25.5 Å². The van der Waals surface area contributed by atoms with Crippen LogP contribution in [0.2, 0.25) is 5.02 Å². The molecule has 0 atom stereocenters. The summed E-state index contributed by atoms with van der Waals surface area (Å²) < 4.78 is 1.76. The Hall–Kier alpha value is -3.68. The van der Waals surface area contributed by atoms with Crippen molar-refractivity contribution in [3.8, 4) is 11.1 Å². The maximum absolute atomic E-state index is 7.80. The molecule has 0 spiro atoms. The van der Waals surface area contributed by atoms with E-state index >= 15 is 0 Å². The number of rotatable bonds is 7. The van der Waals surface area contributed by atoms with E-state index in [1.54, 1.807) is 16.9 Å². The van der Waals surface area contributed by atoms with Gasteiger partial charge in [0.1, 0.15) is 5.82 Å². The molecule has 1 aliphatic heterocycles. The number of benzene rings is 1. The van der Waals surface area contributed by atoms with Crippen molar-refractivity contribution in [2.45, 2.75) is 6.54 Å². The van der Waals surface area contributed by atoms with Crippen molar-refractivity contribution in [1.29, 1.82) is 5.41 Å². The third kappa shape index (κ3) is 4.92. The minimum atomic E-state index is 0.583. The highest BCUT2D eigenvalue weighted by Crippen LogP contribution is 2.32. The van der Waals surface area contributed by atoms with Crippen molar-refractivity contribution < 1.29 is 0 Å². The lowest BCUT2D eigenvalue weighted by molar-refractivity contribution is 0.249. The zero-order chi connectivity index (χ0) is 24.2. The van der Waals surface area contributed by atoms with Crippen molar-refractivity contribution in [3.63, 3.8) is 0 Å². The highest BCUT2D eigenvalue weighted by Gasteiger charge is 2.19. The largest absolute Gasteiger partial charge is 0.393 e. The zero-order valence-corrected chi connectivity index (χ0v) is 20.4. The van der Waals surface area contributed by atoms with Gasteiger partial charge in [-0.3, -0.25) is 4.90 Å². The third-order valence-corrected chi connectivity index (χ3v) is 6.64. The van der Waals surface area contributed by atoms with Crippen LogP contribution in [0.1, 0.15) is 11.1 Å². The number of allylic oxidation sites excluding steroid dienone is 1. The van der Waals surface area contributed by atoms with Crippen molar-refractivity contribution in [2.75, 3.05) is 38.1 Å². The van der Waals surface area contributed by atoms with E-state index in [-0.39, 0.29) is 0 Å². The standard InChI is InChI=1S/C27H28ClN7/c1-30-15-23(14-29)22-13-24(27-25(28)17-32-35(27)19-22)21-7-8-26(31-16-21)34-11-9-33(10-12-34)18-20-5-3-2-4-6-20/h2-8,13-17,19,29-30H,9-12,18H2,1H3/b23-15+,29-14?. The SMILES string of the molecule is CN/C=C(\C=N)c1cc(-c2ccc(N3CCN(Cc4ccccc4)CC3)nc2)c2c(Cl)cnn2c1. The second-order valence-electron chi connectivity index (χ2n) is 8.61. The smallest absolute Gasteiger partial charge is 0.128 e. The predicted octanol–water partition coefficient (Wildman–Crippen LogP) is 4.58. The van der Waals surface area contributed by atoms with Crippen molar-refractivity contribution >= 4 is 34.7 Å². The Balaban J connectivity index is 1.36. The van der Waals surface area contributed by atoms with Gasteiger partial charge in [0, 0.05) is 86.8 Å². The molecule has 1 aliphatic rings. The van der Waals surface area contributed by atoms with Crippen molar-refractivity contribution in [3.05, 3.63) is 89.5 Å². The van der Waals surface area contributed by atoms with Crippen LogP contribution < -0.4 is 10.2 Å². The number of pyridine rings is 2. The lowest BCUT2D eigenvalue weighted by Crippen LogP contribution is -2.46. The molecule has 1 fully saturated rings. The number of halogens is 1. The molecule has 4 heterocycles. The molecule has 4 aromatic rings. The van der Waals surface area contributed by atoms with Crippen LogP contribution in [0.15, 0.2) is 73.3 Å². The van der Waals surface area contributed by atoms with Gasteiger partial charge in [-0.1, -0.05) is 41.9 Å². The molecule has 0 bridgehead atoms. The number of hydrogen-bond acceptors (Lipinski definition) is 6. The molecule has 8 heteroatoms. The fraction of sp³-hybridized carbons (Fsp3) is 0.222. The van der Waals surface area contributed by atoms with Crippen LogP contribution in [-0.4, -0.2) is 58.9 Å². The average molecular weight is 486 g/mol. The first-order valence-corrected chi connectivity index (χ1v) is 12.1. The lowest BCUT2D eigenvalue weighted by Gasteiger charge is -2.35. The van der Waals surface area contributed by atoms with Crippen LogP contribution in [0.3, 0.4) is 0 Å². The summed E-state index contributed by atoms with van der Waals surface area (Å²) in [6, 6.07) is 16.8. The Kier molecular flexibility index (Phi) is 6.79. The number of hydrogen-bond donors (Lipinski definition) is 2. The van der Waals surface area contributed by atoms with E-state index in [0.717, 1.165) is 66.3 Å². The number of anilines is 1. The average Bonchev–Trinajstić information content (AvgIpc) is 3.28. The predicted molar refractivity (Wildman–Crippen MR) is 143 cm³/mol. The fourth-order valence-corrected chi connectivity index (χ4v) is 4.77. The second kappa shape index (κ2) is 10.3. The molecule has 5 rings (SSSR count). The lowest BCUT2D eigenvalue weighted by atomic mass is 10.0. The number of aromatic nitrogens is 3. The summed E-state index contributed by atoms with van der Waals surface area (Å²) in [4.78, 5) is 9.63. The van der Waals surface area contributed by atoms with Gasteiger partial charge in [-0.25, -0.2) is 9.50 Å². The fourth-order valence-electron chi connectivity index (χ4n) is 4.53. The molecular formula is C27H28ClN7. The maximum Gasteiger partial charge on any atom is 0.128 e. The molecule has 35 heavy (non-hydrogen) atoms. The van der Waals surface area contributed by atoms with E-state index in [2.05, 4.69) is 62.7 Å². The van der Waals surface area contributed by atoms with Gasteiger partial charge in [-0.15, -0.1) is 0 Å². The first kappa shape index (κ1) is 23.1. The molecule has 0 unspecified atom stereocenters. The first-order valence-electron chi connectivity index (χ1n) is 11.7. The minimum absolute atomic E-state index is 0.583. The summed E-state index contributed by atoms with van der Waals surface area (Å²) in [6.45, 7) is 4.90. The quantitative estimate of drug-likeness (QED) is 0.375. The van der Waals surface area contributed by atoms with Gasteiger partial charge in [0.2, 0.25) is 0 Å². The molecule has 0 aliphatic carbocycles. The normalized spacial score (nSPS) is 14.9. The maximum atomic E-state index is 7.80. The van der Waals surface area contributed by atoms with E-state index in [1.165, 1.54) is 11.8 Å². The molecule has 2 N–H and O–H groups in total. The molecule has 3 aromatic heterocycles. The van der Waals surface area contributed by atoms with Crippen LogP contribution in [0.4, 0.5) is 5.82 Å². The molecule has 0 amide bonds. The molecule has 0 radical (unpaired) electrons. The Labute approximate surface area is 210 Å². The topological polar surface area (TPSA) is 72.6 Å². The Morgan fingerprint density at radius 3 is 2.57 bits per heavy atom. The Morgan fingerprint density at radius 2 is 1.89 bits per heavy atom. The summed E-state index contributed by atoms with van der Waals surface area (Å²) >= 11 is 6.49. The third-order valence-electron chi connectivity index (χ3n) is 6.36. The Morgan fingerprint density at radius 1 is 1.09 bits per heavy atom.